The van der Waals surface area contributed by atoms with Crippen molar-refractivity contribution < 1.29 is 19.1 Å². The number of nitrogens with zero attached hydrogens (tertiary/aromatic N) is 1. The molecule has 2 aromatic rings. The molecule has 2 aromatic carbocycles. The molecule has 0 aromatic heterocycles. The number of amides is 4. The second-order valence-corrected chi connectivity index (χ2v) is 8.74. The number of para-hydroxylation sites is 1. The molecule has 32 heavy (non-hydrogen) atoms. The molecule has 0 bridgehead atoms. The molecule has 0 aliphatic carbocycles. The van der Waals surface area contributed by atoms with Gasteiger partial charge in [0.15, 0.2) is 0 Å². The van der Waals surface area contributed by atoms with Gasteiger partial charge in [0.2, 0.25) is 0 Å². The van der Waals surface area contributed by atoms with Crippen LogP contribution in [0.2, 0.25) is 0 Å². The van der Waals surface area contributed by atoms with E-state index in [2.05, 4.69) is 16.0 Å². The number of benzene rings is 2. The Bertz CT molecular complexity index is 948. The van der Waals surface area contributed by atoms with Crippen LogP contribution < -0.4 is 16.0 Å². The van der Waals surface area contributed by atoms with E-state index in [-0.39, 0.29) is 18.0 Å². The van der Waals surface area contributed by atoms with Crippen LogP contribution in [-0.2, 0) is 4.74 Å². The Labute approximate surface area is 188 Å². The number of anilines is 2. The summed E-state index contributed by atoms with van der Waals surface area (Å²) in [5, 5.41) is 8.43. The van der Waals surface area contributed by atoms with Crippen molar-refractivity contribution in [3.05, 3.63) is 60.2 Å². The second-order valence-electron chi connectivity index (χ2n) is 8.74. The van der Waals surface area contributed by atoms with E-state index in [1.54, 1.807) is 49.9 Å². The van der Waals surface area contributed by atoms with E-state index in [1.807, 2.05) is 30.3 Å². The second kappa shape index (κ2) is 10.2. The topological polar surface area (TPSA) is 99.8 Å². The van der Waals surface area contributed by atoms with E-state index in [9.17, 15) is 14.4 Å². The quantitative estimate of drug-likeness (QED) is 0.656. The summed E-state index contributed by atoms with van der Waals surface area (Å²) < 4.78 is 5.25. The molecule has 1 aliphatic heterocycles. The van der Waals surface area contributed by atoms with Gasteiger partial charge < -0.3 is 20.3 Å². The van der Waals surface area contributed by atoms with Crippen molar-refractivity contribution in [3.63, 3.8) is 0 Å². The molecule has 0 atom stereocenters. The van der Waals surface area contributed by atoms with Crippen LogP contribution in [-0.4, -0.2) is 47.7 Å². The molecule has 1 fully saturated rings. The molecule has 0 radical (unpaired) electrons. The summed E-state index contributed by atoms with van der Waals surface area (Å²) in [7, 11) is 0. The number of rotatable bonds is 4. The minimum Gasteiger partial charge on any atom is -0.444 e. The highest BCUT2D eigenvalue weighted by molar-refractivity contribution is 5.96. The molecule has 3 N–H and O–H groups in total. The highest BCUT2D eigenvalue weighted by atomic mass is 16.6. The van der Waals surface area contributed by atoms with Crippen molar-refractivity contribution in [3.8, 4) is 0 Å². The van der Waals surface area contributed by atoms with Crippen molar-refractivity contribution in [1.29, 1.82) is 0 Å². The number of nitrogens with one attached hydrogen (secondary N) is 3. The summed E-state index contributed by atoms with van der Waals surface area (Å²) in [5.74, 6) is -0.106. The van der Waals surface area contributed by atoms with Gasteiger partial charge in [-0.15, -0.1) is 0 Å². The molecule has 8 nitrogen and oxygen atoms in total. The molecule has 3 rings (SSSR count). The van der Waals surface area contributed by atoms with Crippen LogP contribution in [0.25, 0.3) is 0 Å². The summed E-state index contributed by atoms with van der Waals surface area (Å²) in [6.07, 6.45) is 0.774. The first-order chi connectivity index (χ1) is 15.2. The molecule has 1 saturated heterocycles. The number of likely N-dealkylation sites (tertiary alicyclic amines) is 1. The predicted octanol–water partition coefficient (Wildman–Crippen LogP) is 4.46. The molecular weight excluding hydrogens is 408 g/mol. The maximum absolute atomic E-state index is 12.9. The molecular formula is C24H30N4O4. The first-order valence-electron chi connectivity index (χ1n) is 10.7. The third kappa shape index (κ3) is 7.01. The van der Waals surface area contributed by atoms with Crippen LogP contribution in [0.5, 0.6) is 0 Å². The lowest BCUT2D eigenvalue weighted by Crippen LogP contribution is -2.47. The molecule has 0 spiro atoms. The number of carbonyl (C=O) groups excluding carboxylic acids is 3. The largest absolute Gasteiger partial charge is 0.444 e. The van der Waals surface area contributed by atoms with Gasteiger partial charge >= 0.3 is 12.1 Å². The highest BCUT2D eigenvalue weighted by Gasteiger charge is 2.25. The van der Waals surface area contributed by atoms with Crippen LogP contribution in [0.3, 0.4) is 0 Å². The van der Waals surface area contributed by atoms with E-state index < -0.39 is 11.7 Å². The lowest BCUT2D eigenvalue weighted by Gasteiger charge is -2.32. The summed E-state index contributed by atoms with van der Waals surface area (Å²) in [4.78, 5) is 38.8. The van der Waals surface area contributed by atoms with Gasteiger partial charge in [-0.05, 0) is 63.9 Å². The smallest absolute Gasteiger partial charge is 0.412 e. The minimum atomic E-state index is -0.603. The van der Waals surface area contributed by atoms with Crippen LogP contribution in [0.1, 0.15) is 44.0 Å². The zero-order valence-corrected chi connectivity index (χ0v) is 18.7. The molecule has 170 valence electrons. The number of hydrogen-bond acceptors (Lipinski definition) is 4. The van der Waals surface area contributed by atoms with Gasteiger partial charge in [0.25, 0.3) is 5.91 Å². The zero-order chi connectivity index (χ0) is 23.1. The Morgan fingerprint density at radius 2 is 1.56 bits per heavy atom. The van der Waals surface area contributed by atoms with Gasteiger partial charge in [0, 0.05) is 36.1 Å². The molecule has 0 unspecified atom stereocenters. The lowest BCUT2D eigenvalue weighted by molar-refractivity contribution is 0.0633. The maximum atomic E-state index is 12.9. The van der Waals surface area contributed by atoms with E-state index >= 15 is 0 Å². The van der Waals surface area contributed by atoms with Crippen LogP contribution >= 0.6 is 0 Å². The maximum Gasteiger partial charge on any atom is 0.412 e. The first-order valence-corrected chi connectivity index (χ1v) is 10.7. The van der Waals surface area contributed by atoms with Gasteiger partial charge in [-0.3, -0.25) is 10.1 Å². The summed E-state index contributed by atoms with van der Waals surface area (Å²) >= 11 is 0. The predicted molar refractivity (Wildman–Crippen MR) is 124 cm³/mol. The average molecular weight is 439 g/mol. The van der Waals surface area contributed by atoms with Gasteiger partial charge in [0.05, 0.1) is 0 Å². The fourth-order valence-corrected chi connectivity index (χ4v) is 3.43. The Balaban J connectivity index is 1.49. The van der Waals surface area contributed by atoms with Gasteiger partial charge in [0.1, 0.15) is 5.60 Å². The van der Waals surface area contributed by atoms with Crippen molar-refractivity contribution in [2.45, 2.75) is 45.3 Å². The minimum absolute atomic E-state index is 0.00271. The van der Waals surface area contributed by atoms with Crippen molar-refractivity contribution >= 4 is 29.4 Å². The number of ether oxygens (including phenoxy) is 1. The Morgan fingerprint density at radius 3 is 2.22 bits per heavy atom. The van der Waals surface area contributed by atoms with Crippen molar-refractivity contribution in [2.75, 3.05) is 23.7 Å². The van der Waals surface area contributed by atoms with Gasteiger partial charge in [-0.2, -0.15) is 0 Å². The van der Waals surface area contributed by atoms with Crippen molar-refractivity contribution in [2.24, 2.45) is 0 Å². The summed E-state index contributed by atoms with van der Waals surface area (Å²) in [6.45, 7) is 6.45. The third-order valence-electron chi connectivity index (χ3n) is 4.90. The standard InChI is InChI=1S/C24H30N4O4/c1-24(2,3)32-23(31)27-20-11-7-8-17(16-20)21(29)28-14-12-19(13-15-28)26-22(30)25-18-9-5-4-6-10-18/h4-11,16,19H,12-15H2,1-3H3,(H,27,31)(H2,25,26,30). The highest BCUT2D eigenvalue weighted by Crippen LogP contribution is 2.18. The first kappa shape index (κ1) is 23.1. The van der Waals surface area contributed by atoms with Crippen molar-refractivity contribution in [1.82, 2.24) is 10.2 Å². The number of carbonyl (C=O) groups is 3. The SMILES string of the molecule is CC(C)(C)OC(=O)Nc1cccc(C(=O)N2CCC(NC(=O)Nc3ccccc3)CC2)c1. The molecule has 1 aliphatic rings. The summed E-state index contributed by atoms with van der Waals surface area (Å²) in [6, 6.07) is 15.8. The fraction of sp³-hybridized carbons (Fsp3) is 0.375. The van der Waals surface area contributed by atoms with Crippen LogP contribution in [0.15, 0.2) is 54.6 Å². The number of piperidine rings is 1. The Morgan fingerprint density at radius 1 is 0.906 bits per heavy atom. The Hall–Kier alpha value is -3.55. The molecule has 0 saturated carbocycles. The monoisotopic (exact) mass is 438 g/mol. The van der Waals surface area contributed by atoms with Crippen LogP contribution in [0, 0.1) is 0 Å². The zero-order valence-electron chi connectivity index (χ0n) is 18.7. The summed E-state index contributed by atoms with van der Waals surface area (Å²) in [5.41, 5.74) is 1.12. The molecule has 4 amide bonds. The number of hydrogen-bond donors (Lipinski definition) is 3. The van der Waals surface area contributed by atoms with Crippen LogP contribution in [0.4, 0.5) is 21.0 Å². The fourth-order valence-electron chi connectivity index (χ4n) is 3.43. The van der Waals surface area contributed by atoms with Gasteiger partial charge in [-0.25, -0.2) is 9.59 Å². The Kier molecular flexibility index (Phi) is 7.35. The van der Waals surface area contributed by atoms with E-state index in [4.69, 9.17) is 4.74 Å². The third-order valence-corrected chi connectivity index (χ3v) is 4.90. The van der Waals surface area contributed by atoms with Gasteiger partial charge in [-0.1, -0.05) is 24.3 Å². The number of urea groups is 1. The van der Waals surface area contributed by atoms with E-state index in [0.29, 0.717) is 37.2 Å². The van der Waals surface area contributed by atoms with E-state index in [1.165, 1.54) is 0 Å². The normalized spacial score (nSPS) is 14.4. The molecule has 8 heteroatoms. The molecule has 1 heterocycles. The van der Waals surface area contributed by atoms with E-state index in [0.717, 1.165) is 5.69 Å². The lowest BCUT2D eigenvalue weighted by atomic mass is 10.0. The average Bonchev–Trinajstić information content (AvgIpc) is 2.73.